The topological polar surface area (TPSA) is 93.1 Å². The van der Waals surface area contributed by atoms with E-state index in [0.29, 0.717) is 36.0 Å². The molecular formula is C19H19N5O3. The van der Waals surface area contributed by atoms with E-state index >= 15 is 0 Å². The number of H-pyrrole nitrogens is 1. The van der Waals surface area contributed by atoms with Gasteiger partial charge in [-0.05, 0) is 44.0 Å². The van der Waals surface area contributed by atoms with E-state index < -0.39 is 0 Å². The molecule has 2 fully saturated rings. The number of hydrogen-bond donors (Lipinski definition) is 1. The van der Waals surface area contributed by atoms with E-state index in [4.69, 9.17) is 4.74 Å². The lowest BCUT2D eigenvalue weighted by atomic mass is 10.1. The van der Waals surface area contributed by atoms with Crippen molar-refractivity contribution in [2.24, 2.45) is 0 Å². The maximum Gasteiger partial charge on any atom is 0.254 e. The van der Waals surface area contributed by atoms with Gasteiger partial charge in [-0.2, -0.15) is 15.4 Å². The molecule has 1 amide bonds. The lowest BCUT2D eigenvalue weighted by Gasteiger charge is -2.39. The predicted molar refractivity (Wildman–Crippen MR) is 97.9 cm³/mol. The number of pyridine rings is 1. The van der Waals surface area contributed by atoms with Gasteiger partial charge in [0.05, 0.1) is 13.1 Å². The molecule has 1 aliphatic heterocycles. The van der Waals surface area contributed by atoms with E-state index in [1.807, 2.05) is 17.6 Å². The number of benzene rings is 1. The minimum absolute atomic E-state index is 0.0133. The fourth-order valence-electron chi connectivity index (χ4n) is 3.58. The maximum absolute atomic E-state index is 12.6. The van der Waals surface area contributed by atoms with Gasteiger partial charge >= 0.3 is 0 Å². The first kappa shape index (κ1) is 16.0. The summed E-state index contributed by atoms with van der Waals surface area (Å²) in [6.45, 7) is 2.93. The molecule has 1 saturated carbocycles. The molecule has 0 radical (unpaired) electrons. The largest absolute Gasteiger partial charge is 0.486 e. The van der Waals surface area contributed by atoms with Crippen LogP contribution in [0.1, 0.15) is 34.9 Å². The zero-order chi connectivity index (χ0) is 18.5. The molecule has 1 saturated heterocycles. The second-order valence-corrected chi connectivity index (χ2v) is 7.25. The molecule has 0 bridgehead atoms. The van der Waals surface area contributed by atoms with Crippen LogP contribution in [-0.2, 0) is 0 Å². The Morgan fingerprint density at radius 2 is 1.93 bits per heavy atom. The summed E-state index contributed by atoms with van der Waals surface area (Å²) in [5.74, 6) is 0.524. The van der Waals surface area contributed by atoms with Crippen LogP contribution in [0, 0.1) is 6.92 Å². The van der Waals surface area contributed by atoms with Crippen LogP contribution in [0.2, 0.25) is 0 Å². The van der Waals surface area contributed by atoms with Crippen molar-refractivity contribution in [3.8, 4) is 5.75 Å². The molecule has 8 nitrogen and oxygen atoms in total. The Bertz CT molecular complexity index is 1090. The van der Waals surface area contributed by atoms with Gasteiger partial charge in [0.1, 0.15) is 22.9 Å². The molecule has 1 N–H and O–H groups in total. The summed E-state index contributed by atoms with van der Waals surface area (Å²) in [7, 11) is 0. The Balaban J connectivity index is 1.24. The van der Waals surface area contributed by atoms with Crippen LogP contribution in [0.5, 0.6) is 5.75 Å². The van der Waals surface area contributed by atoms with Gasteiger partial charge in [-0.25, -0.2) is 0 Å². The molecule has 2 aliphatic rings. The number of likely N-dealkylation sites (tertiary alicyclic amines) is 1. The van der Waals surface area contributed by atoms with Crippen molar-refractivity contribution in [2.75, 3.05) is 13.1 Å². The van der Waals surface area contributed by atoms with Crippen LogP contribution >= 0.6 is 0 Å². The lowest BCUT2D eigenvalue weighted by Crippen LogP contribution is -2.56. The van der Waals surface area contributed by atoms with Gasteiger partial charge < -0.3 is 14.2 Å². The normalized spacial score (nSPS) is 17.1. The van der Waals surface area contributed by atoms with Crippen LogP contribution in [0.4, 0.5) is 0 Å². The quantitative estimate of drug-likeness (QED) is 0.759. The van der Waals surface area contributed by atoms with Crippen LogP contribution in [0.15, 0.2) is 35.1 Å². The van der Waals surface area contributed by atoms with E-state index in [9.17, 15) is 9.59 Å². The number of fused-ring (bicyclic) bond motifs is 1. The molecule has 27 heavy (non-hydrogen) atoms. The van der Waals surface area contributed by atoms with Crippen molar-refractivity contribution < 1.29 is 9.53 Å². The molecular weight excluding hydrogens is 346 g/mol. The van der Waals surface area contributed by atoms with Crippen LogP contribution in [-0.4, -0.2) is 50.0 Å². The molecule has 0 atom stereocenters. The van der Waals surface area contributed by atoms with Gasteiger partial charge in [0.15, 0.2) is 0 Å². The summed E-state index contributed by atoms with van der Waals surface area (Å²) in [4.78, 5) is 26.6. The molecule has 8 heteroatoms. The number of aromatic nitrogens is 4. The molecule has 3 aromatic rings. The third kappa shape index (κ3) is 2.87. The average Bonchev–Trinajstić information content (AvgIpc) is 3.31. The molecule has 138 valence electrons. The van der Waals surface area contributed by atoms with Crippen molar-refractivity contribution in [1.82, 2.24) is 24.9 Å². The van der Waals surface area contributed by atoms with E-state index in [-0.39, 0.29) is 17.6 Å². The molecule has 1 aromatic carbocycles. The van der Waals surface area contributed by atoms with Gasteiger partial charge in [-0.15, -0.1) is 0 Å². The molecule has 3 heterocycles. The highest BCUT2D eigenvalue weighted by Gasteiger charge is 2.33. The SMILES string of the molecule is Cc1cc(OC2CN(C(=O)c3ccc4n[nH]nc4c3)C2)cc(=O)n1C1CC1. The Hall–Kier alpha value is -3.16. The summed E-state index contributed by atoms with van der Waals surface area (Å²) >= 11 is 0. The number of rotatable bonds is 4. The van der Waals surface area contributed by atoms with Gasteiger partial charge in [0, 0.05) is 23.4 Å². The summed E-state index contributed by atoms with van der Waals surface area (Å²) in [5.41, 5.74) is 2.89. The second-order valence-electron chi connectivity index (χ2n) is 7.25. The van der Waals surface area contributed by atoms with Gasteiger partial charge in [0.25, 0.3) is 11.5 Å². The molecule has 0 spiro atoms. The lowest BCUT2D eigenvalue weighted by molar-refractivity contribution is 0.0176. The Morgan fingerprint density at radius 3 is 2.67 bits per heavy atom. The number of amides is 1. The Labute approximate surface area is 154 Å². The third-order valence-electron chi connectivity index (χ3n) is 5.15. The second kappa shape index (κ2) is 5.94. The third-order valence-corrected chi connectivity index (χ3v) is 5.15. The minimum Gasteiger partial charge on any atom is -0.486 e. The summed E-state index contributed by atoms with van der Waals surface area (Å²) in [5, 5.41) is 10.5. The summed E-state index contributed by atoms with van der Waals surface area (Å²) < 4.78 is 7.74. The number of nitrogens with zero attached hydrogens (tertiary/aromatic N) is 4. The Morgan fingerprint density at radius 1 is 1.15 bits per heavy atom. The smallest absolute Gasteiger partial charge is 0.254 e. The molecule has 5 rings (SSSR count). The number of aromatic amines is 1. The molecule has 1 aliphatic carbocycles. The monoisotopic (exact) mass is 365 g/mol. The number of carbonyl (C=O) groups excluding carboxylic acids is 1. The highest BCUT2D eigenvalue weighted by atomic mass is 16.5. The molecule has 2 aromatic heterocycles. The summed E-state index contributed by atoms with van der Waals surface area (Å²) in [6, 6.07) is 9.07. The minimum atomic E-state index is -0.0969. The summed E-state index contributed by atoms with van der Waals surface area (Å²) in [6.07, 6.45) is 2.04. The average molecular weight is 365 g/mol. The highest BCUT2D eigenvalue weighted by Crippen LogP contribution is 2.35. The van der Waals surface area contributed by atoms with Crippen LogP contribution in [0.3, 0.4) is 0 Å². The van der Waals surface area contributed by atoms with Crippen molar-refractivity contribution in [2.45, 2.75) is 31.9 Å². The fourth-order valence-corrected chi connectivity index (χ4v) is 3.58. The van der Waals surface area contributed by atoms with Crippen molar-refractivity contribution >= 4 is 16.9 Å². The zero-order valence-electron chi connectivity index (χ0n) is 14.9. The fraction of sp³-hybridized carbons (Fsp3) is 0.368. The van der Waals surface area contributed by atoms with Crippen molar-refractivity contribution in [3.63, 3.8) is 0 Å². The van der Waals surface area contributed by atoms with Crippen LogP contribution < -0.4 is 10.3 Å². The molecule has 0 unspecified atom stereocenters. The standard InChI is InChI=1S/C19H19N5O3/c1-11-6-14(8-18(25)24(11)13-3-4-13)27-15-9-23(10-15)19(26)12-2-5-16-17(7-12)21-22-20-16/h2,5-8,13,15H,3-4,9-10H2,1H3,(H,20,21,22). The van der Waals surface area contributed by atoms with E-state index in [2.05, 4.69) is 15.4 Å². The number of aryl methyl sites for hydroxylation is 1. The van der Waals surface area contributed by atoms with Gasteiger partial charge in [-0.1, -0.05) is 0 Å². The first-order chi connectivity index (χ1) is 13.1. The van der Waals surface area contributed by atoms with Gasteiger partial charge in [0.2, 0.25) is 0 Å². The van der Waals surface area contributed by atoms with E-state index in [1.54, 1.807) is 29.2 Å². The van der Waals surface area contributed by atoms with Crippen LogP contribution in [0.25, 0.3) is 11.0 Å². The number of hydrogen-bond acceptors (Lipinski definition) is 5. The number of nitrogens with one attached hydrogen (secondary N) is 1. The Kier molecular flexibility index (Phi) is 3.53. The first-order valence-electron chi connectivity index (χ1n) is 9.08. The number of carbonyl (C=O) groups is 1. The first-order valence-corrected chi connectivity index (χ1v) is 9.08. The maximum atomic E-state index is 12.6. The highest BCUT2D eigenvalue weighted by molar-refractivity contribution is 5.97. The van der Waals surface area contributed by atoms with E-state index in [1.165, 1.54) is 0 Å². The number of ether oxygens (including phenoxy) is 1. The van der Waals surface area contributed by atoms with E-state index in [0.717, 1.165) is 24.1 Å². The van der Waals surface area contributed by atoms with Gasteiger partial charge in [-0.3, -0.25) is 9.59 Å². The van der Waals surface area contributed by atoms with Crippen molar-refractivity contribution in [3.05, 3.63) is 51.9 Å². The predicted octanol–water partition coefficient (Wildman–Crippen LogP) is 1.67. The van der Waals surface area contributed by atoms with Crippen molar-refractivity contribution in [1.29, 1.82) is 0 Å². The zero-order valence-corrected chi connectivity index (χ0v) is 14.9.